The van der Waals surface area contributed by atoms with Gasteiger partial charge in [0.15, 0.2) is 0 Å². The molecule has 0 saturated carbocycles. The minimum absolute atomic E-state index is 0.0359. The second-order valence-electron chi connectivity index (χ2n) is 6.49. The van der Waals surface area contributed by atoms with Crippen LogP contribution in [0.4, 0.5) is 0 Å². The van der Waals surface area contributed by atoms with Gasteiger partial charge in [0.1, 0.15) is 6.04 Å². The second kappa shape index (κ2) is 6.48. The number of amides is 1. The number of carbonyl (C=O) groups is 1. The minimum Gasteiger partial charge on any atom is -0.345 e. The molecule has 2 rings (SSSR count). The van der Waals surface area contributed by atoms with E-state index in [2.05, 4.69) is 15.5 Å². The summed E-state index contributed by atoms with van der Waals surface area (Å²) in [5.74, 6) is 0.821. The maximum Gasteiger partial charge on any atom is 0.249 e. The highest BCUT2D eigenvalue weighted by molar-refractivity contribution is 6.30. The molecule has 0 radical (unpaired) electrons. The van der Waals surface area contributed by atoms with Crippen LogP contribution in [0.25, 0.3) is 11.4 Å². The van der Waals surface area contributed by atoms with Crippen LogP contribution < -0.4 is 5.32 Å². The Hall–Kier alpha value is -1.88. The van der Waals surface area contributed by atoms with Crippen LogP contribution >= 0.6 is 11.6 Å². The zero-order valence-electron chi connectivity index (χ0n) is 13.2. The van der Waals surface area contributed by atoms with E-state index in [1.54, 1.807) is 12.1 Å². The van der Waals surface area contributed by atoms with Crippen molar-refractivity contribution in [2.75, 3.05) is 0 Å². The van der Waals surface area contributed by atoms with Gasteiger partial charge >= 0.3 is 0 Å². The summed E-state index contributed by atoms with van der Waals surface area (Å²) in [6.45, 7) is 7.87. The van der Waals surface area contributed by atoms with E-state index in [1.807, 2.05) is 39.8 Å². The molecule has 1 unspecified atom stereocenters. The van der Waals surface area contributed by atoms with Gasteiger partial charge in [0.2, 0.25) is 17.6 Å². The first-order chi connectivity index (χ1) is 10.2. The molecule has 0 bridgehead atoms. The number of hydrogen-bond acceptors (Lipinski definition) is 4. The van der Waals surface area contributed by atoms with E-state index >= 15 is 0 Å². The summed E-state index contributed by atoms with van der Waals surface area (Å²) >= 11 is 5.85. The fourth-order valence-electron chi connectivity index (χ4n) is 1.96. The molecule has 1 aromatic carbocycles. The fourth-order valence-corrected chi connectivity index (χ4v) is 2.09. The van der Waals surface area contributed by atoms with E-state index in [4.69, 9.17) is 16.1 Å². The van der Waals surface area contributed by atoms with Crippen molar-refractivity contribution in [3.63, 3.8) is 0 Å². The Bertz CT molecular complexity index is 644. The normalized spacial score (nSPS) is 13.0. The third-order valence-electron chi connectivity index (χ3n) is 2.98. The van der Waals surface area contributed by atoms with Crippen LogP contribution in [0.3, 0.4) is 0 Å². The number of aromatic nitrogens is 2. The number of benzene rings is 1. The molecule has 0 aliphatic rings. The maximum absolute atomic E-state index is 11.9. The van der Waals surface area contributed by atoms with Gasteiger partial charge in [-0.15, -0.1) is 0 Å². The van der Waals surface area contributed by atoms with Gasteiger partial charge in [-0.25, -0.2) is 0 Å². The summed E-state index contributed by atoms with van der Waals surface area (Å²) in [5.41, 5.74) is 0.750. The number of rotatable bonds is 4. The molecule has 118 valence electrons. The van der Waals surface area contributed by atoms with Gasteiger partial charge in [0.25, 0.3) is 0 Å². The van der Waals surface area contributed by atoms with Gasteiger partial charge in [-0.2, -0.15) is 4.98 Å². The number of nitrogens with one attached hydrogen (secondary N) is 1. The molecular formula is C16H20ClN3O2. The molecule has 0 fully saturated rings. The second-order valence-corrected chi connectivity index (χ2v) is 6.93. The van der Waals surface area contributed by atoms with Crippen molar-refractivity contribution in [2.45, 2.75) is 40.2 Å². The van der Waals surface area contributed by atoms with Crippen molar-refractivity contribution in [2.24, 2.45) is 5.41 Å². The average molecular weight is 322 g/mol. The molecular weight excluding hydrogens is 302 g/mol. The highest BCUT2D eigenvalue weighted by atomic mass is 35.5. The molecule has 1 heterocycles. The Kier molecular flexibility index (Phi) is 4.86. The molecule has 0 aliphatic carbocycles. The van der Waals surface area contributed by atoms with Crippen molar-refractivity contribution in [3.05, 3.63) is 35.2 Å². The number of hydrogen-bond donors (Lipinski definition) is 1. The van der Waals surface area contributed by atoms with Gasteiger partial charge in [-0.1, -0.05) is 37.5 Å². The predicted octanol–water partition coefficient (Wildman–Crippen LogP) is 4.00. The lowest BCUT2D eigenvalue weighted by molar-refractivity contribution is -0.123. The standard InChI is InChI=1S/C16H20ClN3O2/c1-10(18-13(21)9-16(2,3)4)15-19-14(20-22-15)11-5-7-12(17)8-6-11/h5-8,10H,9H2,1-4H3,(H,18,21). The first-order valence-corrected chi connectivity index (χ1v) is 7.51. The van der Waals surface area contributed by atoms with Crippen LogP contribution in [0.1, 0.15) is 46.0 Å². The van der Waals surface area contributed by atoms with Gasteiger partial charge in [-0.05, 0) is 36.6 Å². The van der Waals surface area contributed by atoms with Crippen molar-refractivity contribution >= 4 is 17.5 Å². The monoisotopic (exact) mass is 321 g/mol. The van der Waals surface area contributed by atoms with Crippen LogP contribution in [0.15, 0.2) is 28.8 Å². The highest BCUT2D eigenvalue weighted by Crippen LogP contribution is 2.22. The lowest BCUT2D eigenvalue weighted by Crippen LogP contribution is -2.30. The lowest BCUT2D eigenvalue weighted by atomic mass is 9.92. The van der Waals surface area contributed by atoms with Gasteiger partial charge in [0, 0.05) is 17.0 Å². The number of carbonyl (C=O) groups excluding carboxylic acids is 1. The quantitative estimate of drug-likeness (QED) is 0.924. The van der Waals surface area contributed by atoms with E-state index < -0.39 is 0 Å². The lowest BCUT2D eigenvalue weighted by Gasteiger charge is -2.18. The van der Waals surface area contributed by atoms with E-state index in [1.165, 1.54) is 0 Å². The van der Waals surface area contributed by atoms with Gasteiger partial charge < -0.3 is 9.84 Å². The molecule has 1 N–H and O–H groups in total. The van der Waals surface area contributed by atoms with Crippen LogP contribution in [0.2, 0.25) is 5.02 Å². The molecule has 1 atom stereocenters. The summed E-state index contributed by atoms with van der Waals surface area (Å²) < 4.78 is 5.23. The highest BCUT2D eigenvalue weighted by Gasteiger charge is 2.21. The van der Waals surface area contributed by atoms with Gasteiger partial charge in [-0.3, -0.25) is 4.79 Å². The predicted molar refractivity (Wildman–Crippen MR) is 85.4 cm³/mol. The first-order valence-electron chi connectivity index (χ1n) is 7.13. The van der Waals surface area contributed by atoms with Crippen LogP contribution in [0.5, 0.6) is 0 Å². The van der Waals surface area contributed by atoms with E-state index in [-0.39, 0.29) is 17.4 Å². The fraction of sp³-hybridized carbons (Fsp3) is 0.438. The third kappa shape index (κ3) is 4.56. The molecule has 0 saturated heterocycles. The first kappa shape index (κ1) is 16.5. The Morgan fingerprint density at radius 3 is 2.55 bits per heavy atom. The summed E-state index contributed by atoms with van der Waals surface area (Å²) in [6, 6.07) is 6.84. The van der Waals surface area contributed by atoms with Crippen molar-refractivity contribution in [3.8, 4) is 11.4 Å². The van der Waals surface area contributed by atoms with Crippen LogP contribution in [0, 0.1) is 5.41 Å². The molecule has 22 heavy (non-hydrogen) atoms. The number of halogens is 1. The molecule has 0 aliphatic heterocycles. The topological polar surface area (TPSA) is 68.0 Å². The van der Waals surface area contributed by atoms with Crippen molar-refractivity contribution in [1.82, 2.24) is 15.5 Å². The van der Waals surface area contributed by atoms with Crippen molar-refractivity contribution in [1.29, 1.82) is 0 Å². The maximum atomic E-state index is 11.9. The number of nitrogens with zero attached hydrogens (tertiary/aromatic N) is 2. The molecule has 2 aromatic rings. The summed E-state index contributed by atoms with van der Waals surface area (Å²) in [6.07, 6.45) is 0.440. The molecule has 1 amide bonds. The third-order valence-corrected chi connectivity index (χ3v) is 3.23. The smallest absolute Gasteiger partial charge is 0.249 e. The largest absolute Gasteiger partial charge is 0.345 e. The molecule has 6 heteroatoms. The van der Waals surface area contributed by atoms with E-state index in [0.29, 0.717) is 23.2 Å². The molecule has 1 aromatic heterocycles. The SMILES string of the molecule is CC(NC(=O)CC(C)(C)C)c1nc(-c2ccc(Cl)cc2)no1. The zero-order chi connectivity index (χ0) is 16.3. The molecule has 5 nitrogen and oxygen atoms in total. The minimum atomic E-state index is -0.330. The Balaban J connectivity index is 2.04. The summed E-state index contributed by atoms with van der Waals surface area (Å²) in [4.78, 5) is 16.3. The molecule has 0 spiro atoms. The Morgan fingerprint density at radius 1 is 1.32 bits per heavy atom. The summed E-state index contributed by atoms with van der Waals surface area (Å²) in [5, 5.41) is 7.46. The van der Waals surface area contributed by atoms with Crippen molar-refractivity contribution < 1.29 is 9.32 Å². The average Bonchev–Trinajstić information content (AvgIpc) is 2.86. The zero-order valence-corrected chi connectivity index (χ0v) is 13.9. The van der Waals surface area contributed by atoms with Gasteiger partial charge in [0.05, 0.1) is 0 Å². The van der Waals surface area contributed by atoms with Crippen LogP contribution in [-0.2, 0) is 4.79 Å². The van der Waals surface area contributed by atoms with Crippen LogP contribution in [-0.4, -0.2) is 16.0 Å². The van der Waals surface area contributed by atoms with E-state index in [0.717, 1.165) is 5.56 Å². The summed E-state index contributed by atoms with van der Waals surface area (Å²) in [7, 11) is 0. The Morgan fingerprint density at radius 2 is 1.95 bits per heavy atom. The Labute approximate surface area is 135 Å². The van der Waals surface area contributed by atoms with E-state index in [9.17, 15) is 4.79 Å².